The first-order chi connectivity index (χ1) is 11.5. The van der Waals surface area contributed by atoms with Crippen LogP contribution in [0.4, 0.5) is 0 Å². The summed E-state index contributed by atoms with van der Waals surface area (Å²) in [7, 11) is 0. The van der Waals surface area contributed by atoms with Gasteiger partial charge in [0.05, 0.1) is 6.61 Å². The van der Waals surface area contributed by atoms with E-state index in [2.05, 4.69) is 19.2 Å². The quantitative estimate of drug-likeness (QED) is 0.869. The Bertz CT molecular complexity index is 587. The first-order valence-electron chi connectivity index (χ1n) is 9.57. The molecule has 1 N–H and O–H groups in total. The molecule has 4 fully saturated rings. The molecule has 0 aliphatic heterocycles. The number of carbonyl (C=O) groups excluding carboxylic acids is 1. The van der Waals surface area contributed by atoms with Gasteiger partial charge in [0.2, 0.25) is 0 Å². The molecule has 24 heavy (non-hydrogen) atoms. The number of amides is 1. The number of hydrogen-bond acceptors (Lipinski definition) is 2. The molecule has 1 amide bonds. The summed E-state index contributed by atoms with van der Waals surface area (Å²) in [5.74, 6) is 3.88. The monoisotopic (exact) mass is 327 g/mol. The van der Waals surface area contributed by atoms with Gasteiger partial charge in [0, 0.05) is 11.1 Å². The Hall–Kier alpha value is -1.51. The van der Waals surface area contributed by atoms with Crippen LogP contribution in [0, 0.1) is 23.7 Å². The SMILES string of the molecule is CC(C)COc1cccc(C(=O)NC23CC4CC(CC(C4)C2)C3)c1. The van der Waals surface area contributed by atoms with E-state index in [4.69, 9.17) is 4.74 Å². The molecule has 0 spiro atoms. The van der Waals surface area contributed by atoms with Gasteiger partial charge in [-0.05, 0) is 80.4 Å². The van der Waals surface area contributed by atoms with Gasteiger partial charge in [0.25, 0.3) is 5.91 Å². The molecule has 1 aromatic carbocycles. The maximum Gasteiger partial charge on any atom is 0.251 e. The van der Waals surface area contributed by atoms with Crippen molar-refractivity contribution in [2.75, 3.05) is 6.61 Å². The Morgan fingerprint density at radius 2 is 1.79 bits per heavy atom. The van der Waals surface area contributed by atoms with E-state index in [1.165, 1.54) is 38.5 Å². The maximum absolute atomic E-state index is 12.9. The fraction of sp³-hybridized carbons (Fsp3) is 0.667. The molecule has 130 valence electrons. The van der Waals surface area contributed by atoms with Crippen molar-refractivity contribution >= 4 is 5.91 Å². The third-order valence-electron chi connectivity index (χ3n) is 6.10. The van der Waals surface area contributed by atoms with E-state index in [1.807, 2.05) is 24.3 Å². The van der Waals surface area contributed by atoms with E-state index >= 15 is 0 Å². The summed E-state index contributed by atoms with van der Waals surface area (Å²) in [6.07, 6.45) is 7.76. The minimum atomic E-state index is 0.0701. The van der Waals surface area contributed by atoms with Gasteiger partial charge in [0.15, 0.2) is 0 Å². The van der Waals surface area contributed by atoms with Gasteiger partial charge in [-0.3, -0.25) is 4.79 Å². The lowest BCUT2D eigenvalue weighted by atomic mass is 9.53. The van der Waals surface area contributed by atoms with Crippen molar-refractivity contribution in [2.45, 2.75) is 57.9 Å². The zero-order valence-electron chi connectivity index (χ0n) is 14.9. The van der Waals surface area contributed by atoms with Gasteiger partial charge in [0.1, 0.15) is 5.75 Å². The minimum absolute atomic E-state index is 0.0701. The molecule has 0 heterocycles. The fourth-order valence-corrected chi connectivity index (χ4v) is 5.57. The van der Waals surface area contributed by atoms with Crippen LogP contribution in [-0.2, 0) is 0 Å². The molecule has 4 aliphatic rings. The lowest BCUT2D eigenvalue weighted by Crippen LogP contribution is -2.59. The minimum Gasteiger partial charge on any atom is -0.493 e. The zero-order valence-corrected chi connectivity index (χ0v) is 14.9. The predicted molar refractivity (Wildman–Crippen MR) is 95.1 cm³/mol. The molecule has 5 rings (SSSR count). The van der Waals surface area contributed by atoms with Crippen molar-refractivity contribution in [2.24, 2.45) is 23.7 Å². The summed E-state index contributed by atoms with van der Waals surface area (Å²) in [5, 5.41) is 3.44. The summed E-state index contributed by atoms with van der Waals surface area (Å²) >= 11 is 0. The highest BCUT2D eigenvalue weighted by Crippen LogP contribution is 2.55. The Balaban J connectivity index is 1.45. The maximum atomic E-state index is 12.9. The molecule has 4 saturated carbocycles. The lowest BCUT2D eigenvalue weighted by molar-refractivity contribution is -0.0167. The second-order valence-electron chi connectivity index (χ2n) is 8.88. The summed E-state index contributed by atoms with van der Waals surface area (Å²) in [6, 6.07) is 7.64. The van der Waals surface area contributed by atoms with Crippen molar-refractivity contribution in [3.05, 3.63) is 29.8 Å². The Morgan fingerprint density at radius 1 is 1.17 bits per heavy atom. The van der Waals surface area contributed by atoms with Crippen molar-refractivity contribution in [1.82, 2.24) is 5.32 Å². The number of ether oxygens (including phenoxy) is 1. The van der Waals surface area contributed by atoms with E-state index < -0.39 is 0 Å². The molecule has 1 aromatic rings. The number of rotatable bonds is 5. The van der Waals surface area contributed by atoms with Crippen LogP contribution < -0.4 is 10.1 Å². The normalized spacial score (nSPS) is 33.7. The molecule has 4 aliphatic carbocycles. The highest BCUT2D eigenvalue weighted by atomic mass is 16.5. The third-order valence-corrected chi connectivity index (χ3v) is 6.10. The van der Waals surface area contributed by atoms with E-state index in [-0.39, 0.29) is 11.4 Å². The van der Waals surface area contributed by atoms with E-state index in [9.17, 15) is 4.79 Å². The summed E-state index contributed by atoms with van der Waals surface area (Å²) in [6.45, 7) is 4.94. The highest BCUT2D eigenvalue weighted by molar-refractivity contribution is 5.95. The van der Waals surface area contributed by atoms with Gasteiger partial charge >= 0.3 is 0 Å². The second-order valence-corrected chi connectivity index (χ2v) is 8.88. The van der Waals surface area contributed by atoms with Crippen LogP contribution >= 0.6 is 0 Å². The standard InChI is InChI=1S/C21H29NO2/c1-14(2)13-24-19-5-3-4-18(9-19)20(23)22-21-10-15-6-16(11-21)8-17(7-15)12-21/h3-5,9,14-17H,6-8,10-13H2,1-2H3,(H,22,23). The first-order valence-corrected chi connectivity index (χ1v) is 9.57. The largest absolute Gasteiger partial charge is 0.493 e. The van der Waals surface area contributed by atoms with Gasteiger partial charge in [-0.1, -0.05) is 19.9 Å². The van der Waals surface area contributed by atoms with Crippen LogP contribution in [0.3, 0.4) is 0 Å². The van der Waals surface area contributed by atoms with Gasteiger partial charge in [-0.2, -0.15) is 0 Å². The first kappa shape index (κ1) is 16.0. The fourth-order valence-electron chi connectivity index (χ4n) is 5.57. The predicted octanol–water partition coefficient (Wildman–Crippen LogP) is 4.42. The molecule has 4 bridgehead atoms. The summed E-state index contributed by atoms with van der Waals surface area (Å²) in [4.78, 5) is 12.9. The molecule has 0 atom stereocenters. The molecule has 0 saturated heterocycles. The lowest BCUT2D eigenvalue weighted by Gasteiger charge is -2.56. The Morgan fingerprint density at radius 3 is 2.38 bits per heavy atom. The van der Waals surface area contributed by atoms with E-state index in [1.54, 1.807) is 0 Å². The van der Waals surface area contributed by atoms with E-state index in [0.29, 0.717) is 12.5 Å². The average Bonchev–Trinajstić information content (AvgIpc) is 2.51. The molecular weight excluding hydrogens is 298 g/mol. The number of hydrogen-bond donors (Lipinski definition) is 1. The van der Waals surface area contributed by atoms with Crippen LogP contribution in [0.25, 0.3) is 0 Å². The van der Waals surface area contributed by atoms with Crippen molar-refractivity contribution in [3.8, 4) is 5.75 Å². The van der Waals surface area contributed by atoms with Crippen LogP contribution in [0.5, 0.6) is 5.75 Å². The molecule has 0 unspecified atom stereocenters. The number of nitrogens with one attached hydrogen (secondary N) is 1. The molecule has 3 heteroatoms. The zero-order chi connectivity index (χ0) is 16.7. The van der Waals surface area contributed by atoms with Crippen LogP contribution in [0.15, 0.2) is 24.3 Å². The van der Waals surface area contributed by atoms with Gasteiger partial charge < -0.3 is 10.1 Å². The highest BCUT2D eigenvalue weighted by Gasteiger charge is 2.51. The second kappa shape index (κ2) is 6.09. The van der Waals surface area contributed by atoms with E-state index in [0.717, 1.165) is 29.1 Å². The summed E-state index contributed by atoms with van der Waals surface area (Å²) < 4.78 is 5.77. The number of benzene rings is 1. The topological polar surface area (TPSA) is 38.3 Å². The Labute approximate surface area is 145 Å². The van der Waals surface area contributed by atoms with Gasteiger partial charge in [-0.15, -0.1) is 0 Å². The Kier molecular flexibility index (Phi) is 4.06. The molecular formula is C21H29NO2. The third kappa shape index (κ3) is 3.18. The number of carbonyl (C=O) groups is 1. The average molecular weight is 327 g/mol. The molecule has 0 aromatic heterocycles. The van der Waals surface area contributed by atoms with Crippen molar-refractivity contribution in [1.29, 1.82) is 0 Å². The molecule has 3 nitrogen and oxygen atoms in total. The van der Waals surface area contributed by atoms with Gasteiger partial charge in [-0.25, -0.2) is 0 Å². The molecule has 0 radical (unpaired) electrons. The summed E-state index contributed by atoms with van der Waals surface area (Å²) in [5.41, 5.74) is 0.799. The van der Waals surface area contributed by atoms with Crippen LogP contribution in [0.2, 0.25) is 0 Å². The van der Waals surface area contributed by atoms with Crippen LogP contribution in [-0.4, -0.2) is 18.1 Å². The van der Waals surface area contributed by atoms with Crippen molar-refractivity contribution < 1.29 is 9.53 Å². The van der Waals surface area contributed by atoms with Crippen LogP contribution in [0.1, 0.15) is 62.7 Å². The smallest absolute Gasteiger partial charge is 0.251 e. The van der Waals surface area contributed by atoms with Crippen molar-refractivity contribution in [3.63, 3.8) is 0 Å².